The van der Waals surface area contributed by atoms with Crippen molar-refractivity contribution in [3.8, 4) is 16.8 Å². The lowest BCUT2D eigenvalue weighted by Gasteiger charge is -2.27. The van der Waals surface area contributed by atoms with Crippen LogP contribution >= 0.6 is 0 Å². The van der Waals surface area contributed by atoms with Crippen molar-refractivity contribution in [1.29, 1.82) is 0 Å². The van der Waals surface area contributed by atoms with E-state index in [1.165, 1.54) is 65.9 Å². The lowest BCUT2D eigenvalue weighted by atomic mass is 10.0. The fourth-order valence-electron chi connectivity index (χ4n) is 6.91. The van der Waals surface area contributed by atoms with Gasteiger partial charge in [0.1, 0.15) is 0 Å². The first-order valence-electron chi connectivity index (χ1n) is 15.1. The Hall–Kier alpha value is -5.86. The van der Waals surface area contributed by atoms with Gasteiger partial charge in [-0.3, -0.25) is 0 Å². The molecule has 0 fully saturated rings. The van der Waals surface area contributed by atoms with E-state index in [9.17, 15) is 0 Å². The first-order valence-corrected chi connectivity index (χ1v) is 15.1. The number of nitrogens with zero attached hydrogens (tertiary/aromatic N) is 2. The Morgan fingerprint density at radius 1 is 0.364 bits per heavy atom. The van der Waals surface area contributed by atoms with Gasteiger partial charge >= 0.3 is 0 Å². The second-order valence-electron chi connectivity index (χ2n) is 11.4. The van der Waals surface area contributed by atoms with Gasteiger partial charge in [-0.15, -0.1) is 0 Å². The maximum absolute atomic E-state index is 2.40. The van der Waals surface area contributed by atoms with E-state index in [0.717, 1.165) is 11.4 Å². The van der Waals surface area contributed by atoms with E-state index in [1.54, 1.807) is 0 Å². The number of anilines is 3. The summed E-state index contributed by atoms with van der Waals surface area (Å²) in [5.74, 6) is 0. The molecule has 1 aromatic heterocycles. The quantitative estimate of drug-likeness (QED) is 0.190. The van der Waals surface area contributed by atoms with Crippen LogP contribution in [-0.4, -0.2) is 4.57 Å². The summed E-state index contributed by atoms with van der Waals surface area (Å²) in [6.45, 7) is 0. The summed E-state index contributed by atoms with van der Waals surface area (Å²) >= 11 is 0. The topological polar surface area (TPSA) is 8.17 Å². The molecule has 0 radical (unpaired) electrons. The first-order chi connectivity index (χ1) is 21.8. The summed E-state index contributed by atoms with van der Waals surface area (Å²) < 4.78 is 2.40. The van der Waals surface area contributed by atoms with Gasteiger partial charge < -0.3 is 9.47 Å². The van der Waals surface area contributed by atoms with E-state index >= 15 is 0 Å². The standard InChI is InChI=1S/C42H28N2/c1-2-13-34(14-3-1)43(38-16-6-10-31-9-4-5-15-37(31)38)35-25-21-29(22-26-35)30-23-27-36(28-24-30)44-39-17-7-11-32-19-20-33-12-8-18-40(44)42(33)41(32)39/h1-28H. The summed E-state index contributed by atoms with van der Waals surface area (Å²) in [5.41, 5.74) is 9.50. The predicted molar refractivity (Wildman–Crippen MR) is 187 cm³/mol. The van der Waals surface area contributed by atoms with Gasteiger partial charge in [0.2, 0.25) is 0 Å². The zero-order chi connectivity index (χ0) is 29.0. The van der Waals surface area contributed by atoms with Crippen LogP contribution in [0.4, 0.5) is 17.1 Å². The number of fused-ring (bicyclic) bond motifs is 1. The van der Waals surface area contributed by atoms with Gasteiger partial charge in [-0.1, -0.05) is 115 Å². The van der Waals surface area contributed by atoms with Crippen LogP contribution in [0.3, 0.4) is 0 Å². The molecule has 2 heteroatoms. The Morgan fingerprint density at radius 3 is 1.57 bits per heavy atom. The van der Waals surface area contributed by atoms with E-state index < -0.39 is 0 Å². The molecule has 9 aromatic rings. The fourth-order valence-corrected chi connectivity index (χ4v) is 6.91. The molecule has 1 heterocycles. The van der Waals surface area contributed by atoms with Crippen LogP contribution in [0.2, 0.25) is 0 Å². The number of hydrogen-bond donors (Lipinski definition) is 0. The Balaban J connectivity index is 1.11. The van der Waals surface area contributed by atoms with Crippen molar-refractivity contribution in [3.05, 3.63) is 170 Å². The Labute approximate surface area is 256 Å². The van der Waals surface area contributed by atoms with Gasteiger partial charge in [0, 0.05) is 33.2 Å². The molecule has 0 aliphatic carbocycles. The molecule has 8 aromatic carbocycles. The summed E-state index contributed by atoms with van der Waals surface area (Å²) in [7, 11) is 0. The molecule has 44 heavy (non-hydrogen) atoms. The minimum atomic E-state index is 1.13. The maximum Gasteiger partial charge on any atom is 0.0547 e. The molecule has 0 bridgehead atoms. The van der Waals surface area contributed by atoms with Crippen molar-refractivity contribution >= 4 is 60.4 Å². The lowest BCUT2D eigenvalue weighted by Crippen LogP contribution is -2.10. The van der Waals surface area contributed by atoms with Gasteiger partial charge in [-0.2, -0.15) is 0 Å². The van der Waals surface area contributed by atoms with Crippen molar-refractivity contribution < 1.29 is 0 Å². The van der Waals surface area contributed by atoms with Gasteiger partial charge in [-0.25, -0.2) is 0 Å². The number of aromatic nitrogens is 1. The van der Waals surface area contributed by atoms with Gasteiger partial charge in [0.25, 0.3) is 0 Å². The molecule has 0 saturated carbocycles. The van der Waals surface area contributed by atoms with Crippen LogP contribution in [0.25, 0.3) is 60.2 Å². The molecular weight excluding hydrogens is 532 g/mol. The third kappa shape index (κ3) is 3.82. The van der Waals surface area contributed by atoms with E-state index in [2.05, 4.69) is 179 Å². The molecule has 2 nitrogen and oxygen atoms in total. The molecule has 0 aliphatic heterocycles. The lowest BCUT2D eigenvalue weighted by molar-refractivity contribution is 1.18. The summed E-state index contributed by atoms with van der Waals surface area (Å²) in [5, 5.41) is 7.72. The van der Waals surface area contributed by atoms with Crippen LogP contribution in [0, 0.1) is 0 Å². The fraction of sp³-hybridized carbons (Fsp3) is 0. The first kappa shape index (κ1) is 24.7. The van der Waals surface area contributed by atoms with Crippen LogP contribution < -0.4 is 4.90 Å². The third-order valence-electron chi connectivity index (χ3n) is 8.93. The zero-order valence-corrected chi connectivity index (χ0v) is 24.1. The molecule has 206 valence electrons. The highest BCUT2D eigenvalue weighted by atomic mass is 15.1. The van der Waals surface area contributed by atoms with Crippen LogP contribution in [-0.2, 0) is 0 Å². The van der Waals surface area contributed by atoms with Gasteiger partial charge in [0.15, 0.2) is 0 Å². The second kappa shape index (κ2) is 9.86. The summed E-state index contributed by atoms with van der Waals surface area (Å²) in [6, 6.07) is 61.4. The SMILES string of the molecule is c1ccc(N(c2ccc(-c3ccc(-n4c5cccc6ccc7cccc4c7c65)cc3)cc2)c2cccc3ccccc23)cc1. The van der Waals surface area contributed by atoms with Gasteiger partial charge in [0.05, 0.1) is 16.7 Å². The highest BCUT2D eigenvalue weighted by Crippen LogP contribution is 2.41. The van der Waals surface area contributed by atoms with E-state index in [-0.39, 0.29) is 0 Å². The average Bonchev–Trinajstić information content (AvgIpc) is 3.44. The molecular formula is C42H28N2. The molecule has 0 atom stereocenters. The number of para-hydroxylation sites is 1. The van der Waals surface area contributed by atoms with E-state index in [4.69, 9.17) is 0 Å². The number of hydrogen-bond acceptors (Lipinski definition) is 1. The van der Waals surface area contributed by atoms with Crippen molar-refractivity contribution in [1.82, 2.24) is 4.57 Å². The molecule has 0 N–H and O–H groups in total. The van der Waals surface area contributed by atoms with Crippen molar-refractivity contribution in [2.45, 2.75) is 0 Å². The summed E-state index contributed by atoms with van der Waals surface area (Å²) in [4.78, 5) is 2.35. The third-order valence-corrected chi connectivity index (χ3v) is 8.93. The second-order valence-corrected chi connectivity index (χ2v) is 11.4. The smallest absolute Gasteiger partial charge is 0.0547 e. The van der Waals surface area contributed by atoms with E-state index in [0.29, 0.717) is 0 Å². The minimum Gasteiger partial charge on any atom is -0.310 e. The largest absolute Gasteiger partial charge is 0.310 e. The maximum atomic E-state index is 2.40. The number of benzene rings is 8. The summed E-state index contributed by atoms with van der Waals surface area (Å²) in [6.07, 6.45) is 0. The Kier molecular flexibility index (Phi) is 5.54. The highest BCUT2D eigenvalue weighted by Gasteiger charge is 2.17. The molecule has 0 aliphatic rings. The predicted octanol–water partition coefficient (Wildman–Crippen LogP) is 11.7. The van der Waals surface area contributed by atoms with Gasteiger partial charge in [-0.05, 0) is 81.9 Å². The average molecular weight is 561 g/mol. The Bertz CT molecular complexity index is 2340. The van der Waals surface area contributed by atoms with Crippen LogP contribution in [0.1, 0.15) is 0 Å². The van der Waals surface area contributed by atoms with Crippen LogP contribution in [0.15, 0.2) is 170 Å². The molecule has 0 unspecified atom stereocenters. The molecule has 0 spiro atoms. The zero-order valence-electron chi connectivity index (χ0n) is 24.1. The molecule has 9 rings (SSSR count). The normalized spacial score (nSPS) is 11.6. The minimum absolute atomic E-state index is 1.13. The Morgan fingerprint density at radius 2 is 0.886 bits per heavy atom. The van der Waals surface area contributed by atoms with E-state index in [1.807, 2.05) is 0 Å². The highest BCUT2D eigenvalue weighted by molar-refractivity contribution is 6.24. The van der Waals surface area contributed by atoms with Crippen LogP contribution in [0.5, 0.6) is 0 Å². The van der Waals surface area contributed by atoms with Crippen molar-refractivity contribution in [3.63, 3.8) is 0 Å². The number of rotatable bonds is 5. The van der Waals surface area contributed by atoms with Crippen molar-refractivity contribution in [2.24, 2.45) is 0 Å². The molecule has 0 saturated heterocycles. The van der Waals surface area contributed by atoms with Crippen molar-refractivity contribution in [2.75, 3.05) is 4.90 Å². The molecule has 0 amide bonds. The monoisotopic (exact) mass is 560 g/mol.